The van der Waals surface area contributed by atoms with Crippen molar-refractivity contribution in [3.8, 4) is 0 Å². The molecule has 4 nitrogen and oxygen atoms in total. The maximum atomic E-state index is 13.1. The monoisotopic (exact) mass is 390 g/mol. The number of hydrogen-bond acceptors (Lipinski definition) is 3. The van der Waals surface area contributed by atoms with Gasteiger partial charge in [-0.25, -0.2) is 0 Å². The van der Waals surface area contributed by atoms with Crippen LogP contribution in [0.15, 0.2) is 6.07 Å². The van der Waals surface area contributed by atoms with Gasteiger partial charge in [-0.3, -0.25) is 9.59 Å². The number of fused-ring (bicyclic) bond motifs is 1. The van der Waals surface area contributed by atoms with Crippen molar-refractivity contribution in [1.29, 1.82) is 0 Å². The SMILES string of the molecule is CCCNC(=O)C1CCCN(C(=O)c2cc3c(s2)CCC(C(C)(C)C)C3)C1. The van der Waals surface area contributed by atoms with E-state index < -0.39 is 0 Å². The Morgan fingerprint density at radius 3 is 2.78 bits per heavy atom. The molecule has 1 aliphatic heterocycles. The third kappa shape index (κ3) is 4.74. The predicted molar refractivity (Wildman–Crippen MR) is 111 cm³/mol. The predicted octanol–water partition coefficient (Wildman–Crippen LogP) is 4.28. The standard InChI is InChI=1S/C22H34N2O2S/c1-5-10-23-20(25)15-7-6-11-24(14-15)21(26)19-13-16-12-17(22(2,3)4)8-9-18(16)27-19/h13,15,17H,5-12,14H2,1-4H3,(H,23,25). The highest BCUT2D eigenvalue weighted by Gasteiger charge is 2.33. The van der Waals surface area contributed by atoms with Gasteiger partial charge in [0.05, 0.1) is 10.8 Å². The lowest BCUT2D eigenvalue weighted by Crippen LogP contribution is -2.45. The van der Waals surface area contributed by atoms with E-state index in [1.807, 2.05) is 4.90 Å². The number of piperidine rings is 1. The topological polar surface area (TPSA) is 49.4 Å². The molecule has 1 aliphatic carbocycles. The van der Waals surface area contributed by atoms with Crippen LogP contribution >= 0.6 is 11.3 Å². The van der Waals surface area contributed by atoms with Crippen LogP contribution in [0.1, 0.15) is 73.5 Å². The molecule has 5 heteroatoms. The zero-order valence-corrected chi connectivity index (χ0v) is 18.1. The van der Waals surface area contributed by atoms with Crippen LogP contribution < -0.4 is 5.32 Å². The van der Waals surface area contributed by atoms with Gasteiger partial charge in [0.1, 0.15) is 0 Å². The number of aryl methyl sites for hydroxylation is 1. The molecule has 1 N–H and O–H groups in total. The number of rotatable bonds is 4. The first kappa shape index (κ1) is 20.4. The first-order chi connectivity index (χ1) is 12.8. The van der Waals surface area contributed by atoms with Crippen LogP contribution in [0.5, 0.6) is 0 Å². The van der Waals surface area contributed by atoms with Crippen LogP contribution in [0.3, 0.4) is 0 Å². The van der Waals surface area contributed by atoms with E-state index in [0.29, 0.717) is 17.9 Å². The molecule has 1 aromatic rings. The Balaban J connectivity index is 1.66. The summed E-state index contributed by atoms with van der Waals surface area (Å²) in [6.45, 7) is 11.1. The van der Waals surface area contributed by atoms with Gasteiger partial charge in [0.2, 0.25) is 5.91 Å². The summed E-state index contributed by atoms with van der Waals surface area (Å²) >= 11 is 1.68. The van der Waals surface area contributed by atoms with Crippen molar-refractivity contribution in [2.24, 2.45) is 17.3 Å². The second kappa shape index (κ2) is 8.34. The van der Waals surface area contributed by atoms with E-state index in [1.165, 1.54) is 16.9 Å². The highest BCUT2D eigenvalue weighted by atomic mass is 32.1. The normalized spacial score (nSPS) is 23.0. The summed E-state index contributed by atoms with van der Waals surface area (Å²) in [6, 6.07) is 2.14. The van der Waals surface area contributed by atoms with Gasteiger partial charge in [-0.15, -0.1) is 11.3 Å². The fourth-order valence-electron chi connectivity index (χ4n) is 4.29. The van der Waals surface area contributed by atoms with Crippen LogP contribution in [0.25, 0.3) is 0 Å². The molecule has 2 amide bonds. The van der Waals surface area contributed by atoms with Crippen molar-refractivity contribution in [2.45, 2.75) is 66.2 Å². The molecule has 2 unspecified atom stereocenters. The first-order valence-electron chi connectivity index (χ1n) is 10.5. The minimum Gasteiger partial charge on any atom is -0.356 e. The highest BCUT2D eigenvalue weighted by Crippen LogP contribution is 2.40. The number of amides is 2. The molecule has 0 radical (unpaired) electrons. The van der Waals surface area contributed by atoms with Crippen molar-refractivity contribution in [1.82, 2.24) is 10.2 Å². The average Bonchev–Trinajstić information content (AvgIpc) is 3.08. The van der Waals surface area contributed by atoms with E-state index in [0.717, 1.165) is 50.1 Å². The quantitative estimate of drug-likeness (QED) is 0.834. The Morgan fingerprint density at radius 2 is 2.07 bits per heavy atom. The van der Waals surface area contributed by atoms with Gasteiger partial charge in [0.15, 0.2) is 0 Å². The van der Waals surface area contributed by atoms with E-state index >= 15 is 0 Å². The maximum Gasteiger partial charge on any atom is 0.263 e. The van der Waals surface area contributed by atoms with Crippen LogP contribution in [0, 0.1) is 17.3 Å². The molecule has 1 saturated heterocycles. The Bertz CT molecular complexity index is 689. The average molecular weight is 391 g/mol. The third-order valence-corrected chi connectivity index (χ3v) is 7.37. The van der Waals surface area contributed by atoms with Crippen molar-refractivity contribution in [2.75, 3.05) is 19.6 Å². The van der Waals surface area contributed by atoms with Gasteiger partial charge in [0.25, 0.3) is 5.91 Å². The molecule has 0 bridgehead atoms. The molecule has 0 saturated carbocycles. The second-order valence-electron chi connectivity index (χ2n) is 9.25. The van der Waals surface area contributed by atoms with Crippen molar-refractivity contribution >= 4 is 23.2 Å². The van der Waals surface area contributed by atoms with E-state index in [4.69, 9.17) is 0 Å². The molecule has 0 aromatic carbocycles. The Morgan fingerprint density at radius 1 is 1.30 bits per heavy atom. The molecule has 0 spiro atoms. The minimum absolute atomic E-state index is 0.0610. The summed E-state index contributed by atoms with van der Waals surface area (Å²) in [5, 5.41) is 2.99. The lowest BCUT2D eigenvalue weighted by atomic mass is 9.72. The molecule has 150 valence electrons. The first-order valence-corrected chi connectivity index (χ1v) is 11.3. The fourth-order valence-corrected chi connectivity index (χ4v) is 5.47. The highest BCUT2D eigenvalue weighted by molar-refractivity contribution is 7.14. The number of nitrogens with zero attached hydrogens (tertiary/aromatic N) is 1. The number of hydrogen-bond donors (Lipinski definition) is 1. The van der Waals surface area contributed by atoms with Gasteiger partial charge in [-0.05, 0) is 61.5 Å². The number of thiophene rings is 1. The van der Waals surface area contributed by atoms with Crippen molar-refractivity contribution in [3.05, 3.63) is 21.4 Å². The zero-order chi connectivity index (χ0) is 19.6. The molecular weight excluding hydrogens is 356 g/mol. The van der Waals surface area contributed by atoms with E-state index in [2.05, 4.69) is 39.1 Å². The van der Waals surface area contributed by atoms with Gasteiger partial charge < -0.3 is 10.2 Å². The Hall–Kier alpha value is -1.36. The lowest BCUT2D eigenvalue weighted by molar-refractivity contribution is -0.126. The molecule has 1 aromatic heterocycles. The summed E-state index contributed by atoms with van der Waals surface area (Å²) in [5.74, 6) is 0.848. The summed E-state index contributed by atoms with van der Waals surface area (Å²) < 4.78 is 0. The summed E-state index contributed by atoms with van der Waals surface area (Å²) in [4.78, 5) is 29.5. The van der Waals surface area contributed by atoms with Crippen LogP contribution in [-0.4, -0.2) is 36.3 Å². The molecule has 3 rings (SSSR count). The van der Waals surface area contributed by atoms with E-state index in [9.17, 15) is 9.59 Å². The number of carbonyl (C=O) groups excluding carboxylic acids is 2. The van der Waals surface area contributed by atoms with Gasteiger partial charge in [0, 0.05) is 24.5 Å². The van der Waals surface area contributed by atoms with E-state index in [1.54, 1.807) is 11.3 Å². The van der Waals surface area contributed by atoms with Gasteiger partial charge in [-0.2, -0.15) is 0 Å². The molecular formula is C22H34N2O2S. The summed E-state index contributed by atoms with van der Waals surface area (Å²) in [6.07, 6.45) is 6.13. The minimum atomic E-state index is -0.0610. The smallest absolute Gasteiger partial charge is 0.263 e. The van der Waals surface area contributed by atoms with Crippen molar-refractivity contribution in [3.63, 3.8) is 0 Å². The zero-order valence-electron chi connectivity index (χ0n) is 17.3. The van der Waals surface area contributed by atoms with Gasteiger partial charge >= 0.3 is 0 Å². The molecule has 1 fully saturated rings. The largest absolute Gasteiger partial charge is 0.356 e. The third-order valence-electron chi connectivity index (χ3n) is 6.15. The van der Waals surface area contributed by atoms with E-state index in [-0.39, 0.29) is 17.7 Å². The van der Waals surface area contributed by atoms with Gasteiger partial charge in [-0.1, -0.05) is 27.7 Å². The summed E-state index contributed by atoms with van der Waals surface area (Å²) in [5.41, 5.74) is 1.69. The number of nitrogens with one attached hydrogen (secondary N) is 1. The molecule has 2 heterocycles. The van der Waals surface area contributed by atoms with Crippen LogP contribution in [0.2, 0.25) is 0 Å². The lowest BCUT2D eigenvalue weighted by Gasteiger charge is -2.33. The number of likely N-dealkylation sites (tertiary alicyclic amines) is 1. The van der Waals surface area contributed by atoms with Crippen LogP contribution in [0.4, 0.5) is 0 Å². The molecule has 2 aliphatic rings. The fraction of sp³-hybridized carbons (Fsp3) is 0.727. The second-order valence-corrected chi connectivity index (χ2v) is 10.4. The molecule has 2 atom stereocenters. The summed E-state index contributed by atoms with van der Waals surface area (Å²) in [7, 11) is 0. The number of carbonyl (C=O) groups is 2. The van der Waals surface area contributed by atoms with Crippen LogP contribution in [-0.2, 0) is 17.6 Å². The maximum absolute atomic E-state index is 13.1. The van der Waals surface area contributed by atoms with Crippen molar-refractivity contribution < 1.29 is 9.59 Å². The Labute approximate surface area is 167 Å². The Kier molecular flexibility index (Phi) is 6.29. The molecule has 27 heavy (non-hydrogen) atoms.